The first-order chi connectivity index (χ1) is 8.64. The Labute approximate surface area is 110 Å². The van der Waals surface area contributed by atoms with E-state index in [1.165, 1.54) is 38.5 Å². The van der Waals surface area contributed by atoms with Gasteiger partial charge in [-0.05, 0) is 44.6 Å². The Morgan fingerprint density at radius 3 is 2.56 bits per heavy atom. The van der Waals surface area contributed by atoms with Crippen LogP contribution >= 0.6 is 0 Å². The van der Waals surface area contributed by atoms with Crippen molar-refractivity contribution in [1.82, 2.24) is 10.2 Å². The van der Waals surface area contributed by atoms with Crippen LogP contribution in [0.4, 0.5) is 0 Å². The van der Waals surface area contributed by atoms with Crippen molar-refractivity contribution < 1.29 is 4.79 Å². The van der Waals surface area contributed by atoms with Crippen molar-refractivity contribution in [3.05, 3.63) is 0 Å². The molecule has 2 saturated heterocycles. The molecule has 3 nitrogen and oxygen atoms in total. The zero-order valence-electron chi connectivity index (χ0n) is 11.6. The second-order valence-corrected chi connectivity index (χ2v) is 7.02. The molecule has 0 aromatic heterocycles. The van der Waals surface area contributed by atoms with E-state index >= 15 is 0 Å². The minimum atomic E-state index is -0.125. The zero-order valence-corrected chi connectivity index (χ0v) is 11.6. The van der Waals surface area contributed by atoms with Gasteiger partial charge >= 0.3 is 0 Å². The average Bonchev–Trinajstić information content (AvgIpc) is 2.98. The Bertz CT molecular complexity index is 327. The lowest BCUT2D eigenvalue weighted by atomic mass is 9.73. The fourth-order valence-corrected chi connectivity index (χ4v) is 4.20. The normalized spacial score (nSPS) is 35.3. The molecule has 18 heavy (non-hydrogen) atoms. The van der Waals surface area contributed by atoms with Crippen molar-refractivity contribution in [1.29, 1.82) is 0 Å². The van der Waals surface area contributed by atoms with Crippen LogP contribution in [-0.2, 0) is 4.79 Å². The first-order valence-electron chi connectivity index (χ1n) is 7.64. The van der Waals surface area contributed by atoms with Crippen molar-refractivity contribution in [3.63, 3.8) is 0 Å². The molecule has 3 heteroatoms. The van der Waals surface area contributed by atoms with Gasteiger partial charge in [0.1, 0.15) is 0 Å². The van der Waals surface area contributed by atoms with Crippen molar-refractivity contribution in [2.24, 2.45) is 10.8 Å². The second kappa shape index (κ2) is 4.52. The maximum Gasteiger partial charge on any atom is 0.229 e. The van der Waals surface area contributed by atoms with Crippen molar-refractivity contribution in [2.75, 3.05) is 26.2 Å². The fraction of sp³-hybridized carbons (Fsp3) is 0.933. The van der Waals surface area contributed by atoms with E-state index < -0.39 is 0 Å². The lowest BCUT2D eigenvalue weighted by molar-refractivity contribution is -0.139. The molecule has 1 unspecified atom stereocenters. The molecule has 3 rings (SSSR count). The number of nitrogens with zero attached hydrogens (tertiary/aromatic N) is 1. The summed E-state index contributed by atoms with van der Waals surface area (Å²) in [4.78, 5) is 14.9. The van der Waals surface area contributed by atoms with Crippen molar-refractivity contribution in [2.45, 2.75) is 51.9 Å². The topological polar surface area (TPSA) is 32.3 Å². The maximum atomic E-state index is 12.7. The van der Waals surface area contributed by atoms with Crippen LogP contribution < -0.4 is 5.32 Å². The van der Waals surface area contributed by atoms with E-state index in [-0.39, 0.29) is 5.41 Å². The Hall–Kier alpha value is -0.570. The summed E-state index contributed by atoms with van der Waals surface area (Å²) < 4.78 is 0. The largest absolute Gasteiger partial charge is 0.342 e. The molecule has 1 N–H and O–H groups in total. The highest BCUT2D eigenvalue weighted by atomic mass is 16.2. The van der Waals surface area contributed by atoms with Crippen LogP contribution in [0, 0.1) is 10.8 Å². The number of carbonyl (C=O) groups excluding carboxylic acids is 1. The number of amides is 1. The molecule has 0 aromatic carbocycles. The summed E-state index contributed by atoms with van der Waals surface area (Å²) in [5.74, 6) is 0.412. The molecule has 3 aliphatic rings. The van der Waals surface area contributed by atoms with Gasteiger partial charge in [-0.2, -0.15) is 0 Å². The molecular weight excluding hydrogens is 224 g/mol. The lowest BCUT2D eigenvalue weighted by Gasteiger charge is -2.34. The molecular formula is C15H26N2O. The molecule has 0 bridgehead atoms. The molecule has 2 heterocycles. The van der Waals surface area contributed by atoms with E-state index in [1.54, 1.807) is 0 Å². The predicted molar refractivity (Wildman–Crippen MR) is 72.3 cm³/mol. The summed E-state index contributed by atoms with van der Waals surface area (Å²) in [7, 11) is 0. The van der Waals surface area contributed by atoms with Gasteiger partial charge in [-0.3, -0.25) is 4.79 Å². The smallest absolute Gasteiger partial charge is 0.229 e. The summed E-state index contributed by atoms with van der Waals surface area (Å²) in [6.45, 7) is 6.06. The number of hydrogen-bond donors (Lipinski definition) is 1. The molecule has 1 aliphatic carbocycles. The van der Waals surface area contributed by atoms with E-state index in [1.807, 2.05) is 0 Å². The molecule has 0 radical (unpaired) electrons. The quantitative estimate of drug-likeness (QED) is 0.773. The van der Waals surface area contributed by atoms with Crippen LogP contribution in [-0.4, -0.2) is 37.0 Å². The van der Waals surface area contributed by atoms with Crippen molar-refractivity contribution in [3.8, 4) is 0 Å². The number of carbonyl (C=O) groups is 1. The first-order valence-corrected chi connectivity index (χ1v) is 7.64. The molecule has 1 amide bonds. The molecule has 1 saturated carbocycles. The van der Waals surface area contributed by atoms with E-state index in [0.717, 1.165) is 32.6 Å². The Morgan fingerprint density at radius 2 is 1.89 bits per heavy atom. The Morgan fingerprint density at radius 1 is 1.11 bits per heavy atom. The standard InChI is InChI=1S/C15H26N2O/c1-14(7-9-16-11-14)13(18)17-10-8-15(12-17)5-3-2-4-6-15/h16H,2-12H2,1H3. The van der Waals surface area contributed by atoms with E-state index in [4.69, 9.17) is 0 Å². The van der Waals surface area contributed by atoms with Crippen LogP contribution in [0.2, 0.25) is 0 Å². The number of likely N-dealkylation sites (tertiary alicyclic amines) is 1. The zero-order chi connectivity index (χ0) is 12.6. The highest BCUT2D eigenvalue weighted by Crippen LogP contribution is 2.44. The third-order valence-corrected chi connectivity index (χ3v) is 5.52. The lowest BCUT2D eigenvalue weighted by Crippen LogP contribution is -2.43. The van der Waals surface area contributed by atoms with Gasteiger partial charge in [-0.25, -0.2) is 0 Å². The highest BCUT2D eigenvalue weighted by Gasteiger charge is 2.45. The molecule has 0 aromatic rings. The Balaban J connectivity index is 1.66. The SMILES string of the molecule is CC1(C(=O)N2CCC3(CCCCC3)C2)CCNC1. The van der Waals surface area contributed by atoms with Gasteiger partial charge in [0.15, 0.2) is 0 Å². The molecule has 102 valence electrons. The van der Waals surface area contributed by atoms with Crippen LogP contribution in [0.3, 0.4) is 0 Å². The molecule has 3 fully saturated rings. The van der Waals surface area contributed by atoms with Gasteiger partial charge in [-0.15, -0.1) is 0 Å². The van der Waals surface area contributed by atoms with Gasteiger partial charge in [0.25, 0.3) is 0 Å². The minimum Gasteiger partial charge on any atom is -0.342 e. The van der Waals surface area contributed by atoms with E-state index in [0.29, 0.717) is 11.3 Å². The van der Waals surface area contributed by atoms with Gasteiger partial charge in [0.2, 0.25) is 5.91 Å². The third kappa shape index (κ3) is 2.07. The maximum absolute atomic E-state index is 12.7. The summed E-state index contributed by atoms with van der Waals surface area (Å²) in [6.07, 6.45) is 9.12. The van der Waals surface area contributed by atoms with E-state index in [9.17, 15) is 4.79 Å². The fourth-order valence-electron chi connectivity index (χ4n) is 4.20. The molecule has 2 aliphatic heterocycles. The van der Waals surface area contributed by atoms with Gasteiger partial charge in [0, 0.05) is 19.6 Å². The monoisotopic (exact) mass is 250 g/mol. The van der Waals surface area contributed by atoms with Crippen LogP contribution in [0.5, 0.6) is 0 Å². The second-order valence-electron chi connectivity index (χ2n) is 7.02. The summed E-state index contributed by atoms with van der Waals surface area (Å²) >= 11 is 0. The first kappa shape index (κ1) is 12.5. The predicted octanol–water partition coefficient (Wildman–Crippen LogP) is 2.17. The molecule has 1 atom stereocenters. The van der Waals surface area contributed by atoms with Gasteiger partial charge in [-0.1, -0.05) is 19.3 Å². The van der Waals surface area contributed by atoms with Gasteiger partial charge in [0.05, 0.1) is 5.41 Å². The van der Waals surface area contributed by atoms with Crippen LogP contribution in [0.25, 0.3) is 0 Å². The molecule has 1 spiro atoms. The van der Waals surface area contributed by atoms with Gasteiger partial charge < -0.3 is 10.2 Å². The average molecular weight is 250 g/mol. The minimum absolute atomic E-state index is 0.125. The highest BCUT2D eigenvalue weighted by molar-refractivity contribution is 5.83. The summed E-state index contributed by atoms with van der Waals surface area (Å²) in [5, 5.41) is 3.34. The van der Waals surface area contributed by atoms with Crippen LogP contribution in [0.1, 0.15) is 51.9 Å². The number of rotatable bonds is 1. The van der Waals surface area contributed by atoms with Crippen molar-refractivity contribution >= 4 is 5.91 Å². The summed E-state index contributed by atoms with van der Waals surface area (Å²) in [6, 6.07) is 0. The van der Waals surface area contributed by atoms with E-state index in [2.05, 4.69) is 17.1 Å². The van der Waals surface area contributed by atoms with Crippen LogP contribution in [0.15, 0.2) is 0 Å². The summed E-state index contributed by atoms with van der Waals surface area (Å²) in [5.41, 5.74) is 0.372. The number of hydrogen-bond acceptors (Lipinski definition) is 2. The number of nitrogens with one attached hydrogen (secondary N) is 1. The third-order valence-electron chi connectivity index (χ3n) is 5.52. The Kier molecular flexibility index (Phi) is 3.13.